The highest BCUT2D eigenvalue weighted by Gasteiger charge is 2.35. The molecule has 2 aliphatic heterocycles. The Hall–Kier alpha value is -1.54. The summed E-state index contributed by atoms with van der Waals surface area (Å²) in [5, 5.41) is 6.44. The maximum absolute atomic E-state index is 3.79. The predicted octanol–water partition coefficient (Wildman–Crippen LogP) is 3.88. The van der Waals surface area contributed by atoms with Crippen molar-refractivity contribution in [2.75, 3.05) is 18.4 Å². The smallest absolute Gasteiger partial charge is 0.0429 e. The van der Waals surface area contributed by atoms with Gasteiger partial charge < -0.3 is 5.32 Å². The summed E-state index contributed by atoms with van der Waals surface area (Å²) in [5.74, 6) is 0. The van der Waals surface area contributed by atoms with Gasteiger partial charge in [0.2, 0.25) is 0 Å². The van der Waals surface area contributed by atoms with Gasteiger partial charge in [0.1, 0.15) is 0 Å². The van der Waals surface area contributed by atoms with Gasteiger partial charge in [-0.1, -0.05) is 36.8 Å². The van der Waals surface area contributed by atoms with Crippen LogP contribution in [-0.2, 0) is 0 Å². The molecule has 2 unspecified atom stereocenters. The molecule has 2 heteroatoms. The molecule has 0 saturated carbocycles. The molecular weight excluding hydrogens is 244 g/mol. The van der Waals surface area contributed by atoms with Gasteiger partial charge in [0, 0.05) is 24.3 Å². The molecule has 104 valence electrons. The fourth-order valence-electron chi connectivity index (χ4n) is 3.91. The monoisotopic (exact) mass is 266 g/mol. The number of rotatable bonds is 2. The maximum atomic E-state index is 3.79. The van der Waals surface area contributed by atoms with Gasteiger partial charge in [-0.3, -0.25) is 4.90 Å². The number of benzene rings is 2. The zero-order valence-electron chi connectivity index (χ0n) is 11.9. The molecule has 0 aliphatic carbocycles. The summed E-state index contributed by atoms with van der Waals surface area (Å²) in [7, 11) is 0. The van der Waals surface area contributed by atoms with Crippen molar-refractivity contribution in [3.63, 3.8) is 0 Å². The molecule has 2 aromatic carbocycles. The standard InChI is InChI=1S/C18H22N2/c1-2-6-15-13-16(9-8-14(15)5-1)19-17-10-12-20-11-4-3-7-18(17)20/h1-2,5-6,8-9,13,17-19H,3-4,7,10-12H2. The van der Waals surface area contributed by atoms with Crippen molar-refractivity contribution in [2.45, 2.75) is 37.8 Å². The first-order valence-electron chi connectivity index (χ1n) is 7.89. The molecule has 2 nitrogen and oxygen atoms in total. The van der Waals surface area contributed by atoms with Crippen molar-refractivity contribution in [1.82, 2.24) is 4.90 Å². The van der Waals surface area contributed by atoms with Crippen LogP contribution in [0.1, 0.15) is 25.7 Å². The number of anilines is 1. The Morgan fingerprint density at radius 1 is 0.900 bits per heavy atom. The van der Waals surface area contributed by atoms with Crippen LogP contribution < -0.4 is 5.32 Å². The Bertz CT molecular complexity index is 607. The van der Waals surface area contributed by atoms with E-state index in [1.54, 1.807) is 0 Å². The van der Waals surface area contributed by atoms with Crippen LogP contribution in [0.2, 0.25) is 0 Å². The van der Waals surface area contributed by atoms with E-state index in [-0.39, 0.29) is 0 Å². The molecule has 2 heterocycles. The fourth-order valence-corrected chi connectivity index (χ4v) is 3.91. The van der Waals surface area contributed by atoms with Crippen LogP contribution in [0.15, 0.2) is 42.5 Å². The summed E-state index contributed by atoms with van der Waals surface area (Å²) >= 11 is 0. The first-order chi connectivity index (χ1) is 9.90. The minimum Gasteiger partial charge on any atom is -0.381 e. The number of hydrogen-bond donors (Lipinski definition) is 1. The van der Waals surface area contributed by atoms with Crippen LogP contribution in [0.5, 0.6) is 0 Å². The average molecular weight is 266 g/mol. The molecule has 2 aromatic rings. The van der Waals surface area contributed by atoms with Crippen molar-refractivity contribution < 1.29 is 0 Å². The van der Waals surface area contributed by atoms with Crippen molar-refractivity contribution in [3.05, 3.63) is 42.5 Å². The summed E-state index contributed by atoms with van der Waals surface area (Å²) in [5.41, 5.74) is 1.28. The van der Waals surface area contributed by atoms with Crippen molar-refractivity contribution in [3.8, 4) is 0 Å². The highest BCUT2D eigenvalue weighted by atomic mass is 15.2. The average Bonchev–Trinajstić information content (AvgIpc) is 2.91. The third-order valence-electron chi connectivity index (χ3n) is 4.96. The quantitative estimate of drug-likeness (QED) is 0.887. The van der Waals surface area contributed by atoms with Crippen molar-refractivity contribution in [1.29, 1.82) is 0 Å². The Labute approximate surface area is 120 Å². The molecular formula is C18H22N2. The second-order valence-electron chi connectivity index (χ2n) is 6.20. The number of nitrogens with zero attached hydrogens (tertiary/aromatic N) is 1. The number of hydrogen-bond acceptors (Lipinski definition) is 2. The summed E-state index contributed by atoms with van der Waals surface area (Å²) in [4.78, 5) is 2.68. The topological polar surface area (TPSA) is 15.3 Å². The van der Waals surface area contributed by atoms with Crippen LogP contribution in [0.25, 0.3) is 10.8 Å². The summed E-state index contributed by atoms with van der Waals surface area (Å²) in [6.07, 6.45) is 5.44. The molecule has 2 fully saturated rings. The molecule has 4 rings (SSSR count). The van der Waals surface area contributed by atoms with E-state index < -0.39 is 0 Å². The Morgan fingerprint density at radius 3 is 2.75 bits per heavy atom. The molecule has 2 aliphatic rings. The van der Waals surface area contributed by atoms with Crippen LogP contribution in [0, 0.1) is 0 Å². The summed E-state index contributed by atoms with van der Waals surface area (Å²) < 4.78 is 0. The van der Waals surface area contributed by atoms with Crippen LogP contribution >= 0.6 is 0 Å². The minimum absolute atomic E-state index is 0.636. The van der Waals surface area contributed by atoms with Crippen LogP contribution in [-0.4, -0.2) is 30.1 Å². The molecule has 0 amide bonds. The number of nitrogens with one attached hydrogen (secondary N) is 1. The third kappa shape index (κ3) is 2.18. The van der Waals surface area contributed by atoms with E-state index in [1.807, 2.05) is 0 Å². The number of piperidine rings is 1. The van der Waals surface area contributed by atoms with E-state index in [0.29, 0.717) is 6.04 Å². The molecule has 0 spiro atoms. The van der Waals surface area contributed by atoms with Gasteiger partial charge in [-0.25, -0.2) is 0 Å². The Kier molecular flexibility index (Phi) is 3.12. The largest absolute Gasteiger partial charge is 0.381 e. The molecule has 0 aromatic heterocycles. The Morgan fingerprint density at radius 2 is 1.80 bits per heavy atom. The van der Waals surface area contributed by atoms with E-state index in [4.69, 9.17) is 0 Å². The van der Waals surface area contributed by atoms with E-state index >= 15 is 0 Å². The molecule has 2 saturated heterocycles. The molecule has 1 N–H and O–H groups in total. The lowest BCUT2D eigenvalue weighted by Crippen LogP contribution is -2.41. The predicted molar refractivity (Wildman–Crippen MR) is 85.2 cm³/mol. The SMILES string of the molecule is c1ccc2cc(NC3CCN4CCCCC34)ccc2c1. The maximum Gasteiger partial charge on any atom is 0.0429 e. The lowest BCUT2D eigenvalue weighted by Gasteiger charge is -2.33. The van der Waals surface area contributed by atoms with Gasteiger partial charge in [0.15, 0.2) is 0 Å². The van der Waals surface area contributed by atoms with E-state index in [0.717, 1.165) is 6.04 Å². The van der Waals surface area contributed by atoms with E-state index in [2.05, 4.69) is 52.7 Å². The normalized spacial score (nSPS) is 26.6. The first-order valence-corrected chi connectivity index (χ1v) is 7.89. The fraction of sp³-hybridized carbons (Fsp3) is 0.444. The third-order valence-corrected chi connectivity index (χ3v) is 4.96. The van der Waals surface area contributed by atoms with Crippen LogP contribution in [0.3, 0.4) is 0 Å². The summed E-state index contributed by atoms with van der Waals surface area (Å²) in [6.45, 7) is 2.58. The number of fused-ring (bicyclic) bond motifs is 2. The van der Waals surface area contributed by atoms with Gasteiger partial charge in [-0.2, -0.15) is 0 Å². The summed E-state index contributed by atoms with van der Waals surface area (Å²) in [6, 6.07) is 16.7. The van der Waals surface area contributed by atoms with Gasteiger partial charge in [-0.05, 0) is 48.7 Å². The molecule has 2 atom stereocenters. The molecule has 0 radical (unpaired) electrons. The second-order valence-corrected chi connectivity index (χ2v) is 6.20. The van der Waals surface area contributed by atoms with E-state index in [9.17, 15) is 0 Å². The zero-order chi connectivity index (χ0) is 13.4. The molecule has 0 bridgehead atoms. The van der Waals surface area contributed by atoms with Gasteiger partial charge in [0.05, 0.1) is 0 Å². The highest BCUT2D eigenvalue weighted by molar-refractivity contribution is 5.85. The minimum atomic E-state index is 0.636. The lowest BCUT2D eigenvalue weighted by atomic mass is 9.98. The van der Waals surface area contributed by atoms with Crippen molar-refractivity contribution >= 4 is 16.5 Å². The Balaban J connectivity index is 1.55. The van der Waals surface area contributed by atoms with Crippen molar-refractivity contribution in [2.24, 2.45) is 0 Å². The first kappa shape index (κ1) is 12.2. The second kappa shape index (κ2) is 5.10. The van der Waals surface area contributed by atoms with Crippen LogP contribution in [0.4, 0.5) is 5.69 Å². The van der Waals surface area contributed by atoms with Gasteiger partial charge >= 0.3 is 0 Å². The zero-order valence-corrected chi connectivity index (χ0v) is 11.9. The van der Waals surface area contributed by atoms with Gasteiger partial charge in [-0.15, -0.1) is 0 Å². The molecule has 20 heavy (non-hydrogen) atoms. The highest BCUT2D eigenvalue weighted by Crippen LogP contribution is 2.30. The lowest BCUT2D eigenvalue weighted by molar-refractivity contribution is 0.193. The van der Waals surface area contributed by atoms with Gasteiger partial charge in [0.25, 0.3) is 0 Å². The van der Waals surface area contributed by atoms with E-state index in [1.165, 1.54) is 55.2 Å².